The van der Waals surface area contributed by atoms with E-state index in [-0.39, 0.29) is 5.56 Å². The quantitative estimate of drug-likeness (QED) is 0.594. The SMILES string of the molecule is COc1ccc(/C(C)=N\NC(=O)c2ccccc2F)cc1C[NH+]1CCCCC1. The van der Waals surface area contributed by atoms with Crippen LogP contribution in [0.15, 0.2) is 47.6 Å². The molecule has 1 amide bonds. The number of methoxy groups -OCH3 is 1. The monoisotopic (exact) mass is 384 g/mol. The van der Waals surface area contributed by atoms with E-state index >= 15 is 0 Å². The van der Waals surface area contributed by atoms with E-state index in [0.29, 0.717) is 5.71 Å². The topological polar surface area (TPSA) is 55.1 Å². The molecule has 1 fully saturated rings. The molecule has 2 N–H and O–H groups in total. The average Bonchev–Trinajstić information content (AvgIpc) is 2.73. The molecule has 3 rings (SSSR count). The molecule has 0 atom stereocenters. The van der Waals surface area contributed by atoms with Gasteiger partial charge in [0, 0.05) is 5.56 Å². The lowest BCUT2D eigenvalue weighted by atomic mass is 10.0. The average molecular weight is 384 g/mol. The van der Waals surface area contributed by atoms with Crippen molar-refractivity contribution in [3.8, 4) is 5.75 Å². The lowest BCUT2D eigenvalue weighted by Crippen LogP contribution is -3.11. The fourth-order valence-electron chi connectivity index (χ4n) is 3.54. The molecule has 0 aliphatic carbocycles. The van der Waals surface area contributed by atoms with Crippen LogP contribution < -0.4 is 15.1 Å². The Hall–Kier alpha value is -2.73. The molecule has 0 aromatic heterocycles. The Morgan fingerprint density at radius 1 is 1.18 bits per heavy atom. The first-order valence-electron chi connectivity index (χ1n) is 9.68. The van der Waals surface area contributed by atoms with Crippen molar-refractivity contribution in [3.63, 3.8) is 0 Å². The van der Waals surface area contributed by atoms with Gasteiger partial charge in [-0.05, 0) is 62.1 Å². The molecule has 148 valence electrons. The van der Waals surface area contributed by atoms with E-state index in [1.165, 1.54) is 44.5 Å². The van der Waals surface area contributed by atoms with Gasteiger partial charge in [-0.1, -0.05) is 12.1 Å². The van der Waals surface area contributed by atoms with Crippen molar-refractivity contribution in [2.75, 3.05) is 20.2 Å². The number of hydrogen-bond donors (Lipinski definition) is 2. The molecule has 0 unspecified atom stereocenters. The summed E-state index contributed by atoms with van der Waals surface area (Å²) in [6.45, 7) is 5.09. The minimum absolute atomic E-state index is 0.0248. The van der Waals surface area contributed by atoms with Gasteiger partial charge in [-0.2, -0.15) is 5.10 Å². The third-order valence-electron chi connectivity index (χ3n) is 5.14. The summed E-state index contributed by atoms with van der Waals surface area (Å²) in [6.07, 6.45) is 3.84. The zero-order valence-corrected chi connectivity index (χ0v) is 16.4. The van der Waals surface area contributed by atoms with Crippen molar-refractivity contribution >= 4 is 11.6 Å². The molecule has 1 saturated heterocycles. The third-order valence-corrected chi connectivity index (χ3v) is 5.14. The van der Waals surface area contributed by atoms with Gasteiger partial charge in [0.05, 0.1) is 31.5 Å². The summed E-state index contributed by atoms with van der Waals surface area (Å²) in [7, 11) is 1.68. The molecule has 5 nitrogen and oxygen atoms in total. The van der Waals surface area contributed by atoms with Gasteiger partial charge >= 0.3 is 0 Å². The van der Waals surface area contributed by atoms with Gasteiger partial charge in [-0.3, -0.25) is 4.79 Å². The highest BCUT2D eigenvalue weighted by Gasteiger charge is 2.17. The predicted molar refractivity (Wildman–Crippen MR) is 107 cm³/mol. The summed E-state index contributed by atoms with van der Waals surface area (Å²) < 4.78 is 19.2. The molecule has 1 aliphatic rings. The molecule has 1 heterocycles. The van der Waals surface area contributed by atoms with E-state index in [1.54, 1.807) is 24.1 Å². The van der Waals surface area contributed by atoms with Crippen LogP contribution in [0.25, 0.3) is 0 Å². The fraction of sp³-hybridized carbons (Fsp3) is 0.364. The van der Waals surface area contributed by atoms with Crippen LogP contribution in [0.1, 0.15) is 47.7 Å². The molecule has 0 saturated carbocycles. The van der Waals surface area contributed by atoms with Crippen LogP contribution in [-0.2, 0) is 6.54 Å². The van der Waals surface area contributed by atoms with Crippen LogP contribution in [0, 0.1) is 5.82 Å². The molecule has 0 bridgehead atoms. The van der Waals surface area contributed by atoms with E-state index in [9.17, 15) is 9.18 Å². The Kier molecular flexibility index (Phi) is 6.76. The summed E-state index contributed by atoms with van der Waals surface area (Å²) >= 11 is 0. The number of carbonyl (C=O) groups is 1. The highest BCUT2D eigenvalue weighted by molar-refractivity contribution is 6.01. The van der Waals surface area contributed by atoms with Gasteiger partial charge < -0.3 is 9.64 Å². The van der Waals surface area contributed by atoms with E-state index in [1.807, 2.05) is 19.1 Å². The number of ether oxygens (including phenoxy) is 1. The van der Waals surface area contributed by atoms with Crippen LogP contribution in [-0.4, -0.2) is 31.8 Å². The number of benzene rings is 2. The normalized spacial score (nSPS) is 15.3. The molecule has 2 aromatic rings. The van der Waals surface area contributed by atoms with Gasteiger partial charge in [0.25, 0.3) is 5.91 Å². The van der Waals surface area contributed by atoms with Crippen LogP contribution in [0.5, 0.6) is 5.75 Å². The number of hydrazone groups is 1. The maximum Gasteiger partial charge on any atom is 0.274 e. The Balaban J connectivity index is 1.74. The number of hydrogen-bond acceptors (Lipinski definition) is 3. The van der Waals surface area contributed by atoms with Crippen molar-refractivity contribution < 1.29 is 18.8 Å². The van der Waals surface area contributed by atoms with E-state index in [0.717, 1.165) is 23.4 Å². The molecule has 28 heavy (non-hydrogen) atoms. The third kappa shape index (κ3) is 4.95. The van der Waals surface area contributed by atoms with Crippen LogP contribution in [0.4, 0.5) is 4.39 Å². The Bertz CT molecular complexity index is 861. The number of amides is 1. The summed E-state index contributed by atoms with van der Waals surface area (Å²) in [5, 5.41) is 4.16. The van der Waals surface area contributed by atoms with Crippen molar-refractivity contribution in [1.82, 2.24) is 5.43 Å². The maximum atomic E-state index is 13.7. The standard InChI is InChI=1S/C22H26FN3O2/c1-16(24-25-22(27)19-8-4-5-9-20(19)23)17-10-11-21(28-2)18(14-17)15-26-12-6-3-7-13-26/h4-5,8-11,14H,3,6-7,12-13,15H2,1-2H3,(H,25,27)/p+1/b24-16-. The first-order chi connectivity index (χ1) is 13.6. The summed E-state index contributed by atoms with van der Waals surface area (Å²) in [5.41, 5.74) is 5.11. The van der Waals surface area contributed by atoms with Gasteiger partial charge in [0.1, 0.15) is 18.1 Å². The second-order valence-electron chi connectivity index (χ2n) is 7.13. The highest BCUT2D eigenvalue weighted by atomic mass is 19.1. The number of carbonyl (C=O) groups excluding carboxylic acids is 1. The molecule has 1 aliphatic heterocycles. The van der Waals surface area contributed by atoms with Crippen molar-refractivity contribution in [2.45, 2.75) is 32.7 Å². The van der Waals surface area contributed by atoms with E-state index < -0.39 is 11.7 Å². The number of halogens is 1. The van der Waals surface area contributed by atoms with Gasteiger partial charge in [0.15, 0.2) is 0 Å². The van der Waals surface area contributed by atoms with Gasteiger partial charge in [0.2, 0.25) is 0 Å². The first-order valence-corrected chi connectivity index (χ1v) is 9.68. The lowest BCUT2D eigenvalue weighted by Gasteiger charge is -2.24. The van der Waals surface area contributed by atoms with Crippen molar-refractivity contribution in [1.29, 1.82) is 0 Å². The van der Waals surface area contributed by atoms with Crippen LogP contribution >= 0.6 is 0 Å². The molecule has 6 heteroatoms. The van der Waals surface area contributed by atoms with Crippen molar-refractivity contribution in [2.24, 2.45) is 5.10 Å². The Labute approximate surface area is 165 Å². The number of likely N-dealkylation sites (tertiary alicyclic amines) is 1. The first kappa shape index (κ1) is 20.0. The smallest absolute Gasteiger partial charge is 0.274 e. The molecular weight excluding hydrogens is 357 g/mol. The second kappa shape index (κ2) is 9.46. The molecule has 0 spiro atoms. The maximum absolute atomic E-state index is 13.7. The van der Waals surface area contributed by atoms with Crippen LogP contribution in [0.2, 0.25) is 0 Å². The zero-order valence-electron chi connectivity index (χ0n) is 16.4. The number of piperidine rings is 1. The largest absolute Gasteiger partial charge is 0.496 e. The fourth-order valence-corrected chi connectivity index (χ4v) is 3.54. The zero-order chi connectivity index (χ0) is 19.9. The van der Waals surface area contributed by atoms with E-state index in [2.05, 4.69) is 16.6 Å². The molecular formula is C22H27FN3O2+. The lowest BCUT2D eigenvalue weighted by molar-refractivity contribution is -0.918. The minimum atomic E-state index is -0.566. The molecule has 2 aromatic carbocycles. The number of rotatable bonds is 6. The Morgan fingerprint density at radius 2 is 1.93 bits per heavy atom. The summed E-state index contributed by atoms with van der Waals surface area (Å²) in [5.74, 6) is -0.266. The Morgan fingerprint density at radius 3 is 2.64 bits per heavy atom. The van der Waals surface area contributed by atoms with Crippen molar-refractivity contribution in [3.05, 3.63) is 65.0 Å². The predicted octanol–water partition coefficient (Wildman–Crippen LogP) is 2.56. The van der Waals surface area contributed by atoms with Gasteiger partial charge in [-0.25, -0.2) is 9.82 Å². The van der Waals surface area contributed by atoms with E-state index in [4.69, 9.17) is 4.74 Å². The number of nitrogens with zero attached hydrogens (tertiary/aromatic N) is 1. The minimum Gasteiger partial charge on any atom is -0.496 e. The summed E-state index contributed by atoms with van der Waals surface area (Å²) in [6, 6.07) is 11.8. The second-order valence-corrected chi connectivity index (χ2v) is 7.13. The highest BCUT2D eigenvalue weighted by Crippen LogP contribution is 2.20. The molecule has 0 radical (unpaired) electrons. The number of quaternary nitrogens is 1. The van der Waals surface area contributed by atoms with Gasteiger partial charge in [-0.15, -0.1) is 0 Å². The summed E-state index contributed by atoms with van der Waals surface area (Å²) in [4.78, 5) is 13.7. The van der Waals surface area contributed by atoms with Crippen LogP contribution in [0.3, 0.4) is 0 Å². The number of nitrogens with one attached hydrogen (secondary N) is 2.